The number of carbonyl (C=O) groups is 2. The minimum atomic E-state index is -2.75. The second-order valence-electron chi connectivity index (χ2n) is 7.25. The molecule has 0 saturated carbocycles. The number of imidazole rings is 1. The molecule has 3 heterocycles. The third-order valence-corrected chi connectivity index (χ3v) is 5.13. The van der Waals surface area contributed by atoms with Crippen LogP contribution < -0.4 is 20.7 Å². The van der Waals surface area contributed by atoms with Crippen LogP contribution in [0.25, 0.3) is 11.4 Å². The minimum absolute atomic E-state index is 0.106. The van der Waals surface area contributed by atoms with Gasteiger partial charge in [-0.3, -0.25) is 4.79 Å². The van der Waals surface area contributed by atoms with Crippen LogP contribution in [0.5, 0.6) is 5.75 Å². The summed E-state index contributed by atoms with van der Waals surface area (Å²) in [5, 5.41) is 3.02. The third kappa shape index (κ3) is 3.40. The van der Waals surface area contributed by atoms with E-state index in [0.717, 1.165) is 10.5 Å². The van der Waals surface area contributed by atoms with Gasteiger partial charge in [0.25, 0.3) is 6.43 Å². The molecule has 9 nitrogen and oxygen atoms in total. The van der Waals surface area contributed by atoms with Crippen molar-refractivity contribution in [3.05, 3.63) is 23.9 Å². The van der Waals surface area contributed by atoms with Crippen molar-refractivity contribution in [2.75, 3.05) is 23.4 Å². The lowest BCUT2D eigenvalue weighted by Crippen LogP contribution is -2.38. The number of ether oxygens (including phenoxy) is 2. The summed E-state index contributed by atoms with van der Waals surface area (Å²) in [5.41, 5.74) is 7.43. The van der Waals surface area contributed by atoms with Crippen LogP contribution in [0, 0.1) is 6.92 Å². The molecule has 3 N–H and O–H groups in total. The van der Waals surface area contributed by atoms with E-state index in [2.05, 4.69) is 10.3 Å². The van der Waals surface area contributed by atoms with Crippen molar-refractivity contribution >= 4 is 23.5 Å². The number of alkyl halides is 2. The van der Waals surface area contributed by atoms with E-state index in [1.54, 1.807) is 23.8 Å². The molecule has 1 unspecified atom stereocenters. The monoisotopic (exact) mass is 421 g/mol. The van der Waals surface area contributed by atoms with Crippen molar-refractivity contribution in [1.82, 2.24) is 9.55 Å². The first-order valence-electron chi connectivity index (χ1n) is 9.41. The first-order valence-corrected chi connectivity index (χ1v) is 9.41. The van der Waals surface area contributed by atoms with E-state index in [4.69, 9.17) is 15.2 Å². The number of aromatic nitrogens is 2. The van der Waals surface area contributed by atoms with Crippen molar-refractivity contribution < 1.29 is 27.8 Å². The molecule has 2 atom stereocenters. The molecule has 2 amide bonds. The molecule has 2 aliphatic rings. The van der Waals surface area contributed by atoms with E-state index in [-0.39, 0.29) is 12.4 Å². The predicted octanol–water partition coefficient (Wildman–Crippen LogP) is 2.13. The van der Waals surface area contributed by atoms with Crippen LogP contribution in [0.15, 0.2) is 18.3 Å². The van der Waals surface area contributed by atoms with E-state index in [9.17, 15) is 18.4 Å². The van der Waals surface area contributed by atoms with Crippen molar-refractivity contribution in [2.24, 2.45) is 5.73 Å². The maximum atomic E-state index is 13.3. The molecule has 11 heteroatoms. The Balaban J connectivity index is 1.74. The quantitative estimate of drug-likeness (QED) is 0.765. The highest BCUT2D eigenvalue weighted by Crippen LogP contribution is 2.39. The van der Waals surface area contributed by atoms with Crippen LogP contribution in [-0.2, 0) is 16.1 Å². The van der Waals surface area contributed by atoms with Gasteiger partial charge < -0.3 is 25.1 Å². The largest absolute Gasteiger partial charge is 0.491 e. The Morgan fingerprint density at radius 1 is 1.37 bits per heavy atom. The van der Waals surface area contributed by atoms with Crippen molar-refractivity contribution in [2.45, 2.75) is 38.9 Å². The van der Waals surface area contributed by atoms with E-state index >= 15 is 0 Å². The number of fused-ring (bicyclic) bond motifs is 3. The van der Waals surface area contributed by atoms with Gasteiger partial charge in [0.15, 0.2) is 5.82 Å². The second-order valence-corrected chi connectivity index (χ2v) is 7.25. The zero-order valence-corrected chi connectivity index (χ0v) is 16.4. The molecule has 0 bridgehead atoms. The number of carbonyl (C=O) groups excluding carboxylic acids is 2. The van der Waals surface area contributed by atoms with Gasteiger partial charge in [-0.05, 0) is 25.5 Å². The number of nitrogens with one attached hydrogen (secondary N) is 1. The lowest BCUT2D eigenvalue weighted by Gasteiger charge is -2.18. The lowest BCUT2D eigenvalue weighted by atomic mass is 10.1. The standard InChI is InChI=1S/C19H21F2N5O4/c1-9-5-11(23-10(2)17(22)27)6-13-15(9)18-24-14(7-25(18)3-4-29-13)26-12(16(20)21)8-30-19(26)28/h5-7,10,12,16,23H,3-4,8H2,1-2H3,(H2,22,27)/t10?,12-/m0/s1. The van der Waals surface area contributed by atoms with E-state index in [1.165, 1.54) is 0 Å². The van der Waals surface area contributed by atoms with E-state index in [0.29, 0.717) is 36.0 Å². The Morgan fingerprint density at radius 3 is 2.83 bits per heavy atom. The van der Waals surface area contributed by atoms with Crippen LogP contribution in [0.4, 0.5) is 25.1 Å². The molecule has 1 aromatic carbocycles. The first-order chi connectivity index (χ1) is 14.3. The van der Waals surface area contributed by atoms with Gasteiger partial charge in [0, 0.05) is 18.0 Å². The van der Waals surface area contributed by atoms with Gasteiger partial charge in [0.2, 0.25) is 5.91 Å². The molecule has 30 heavy (non-hydrogen) atoms. The van der Waals surface area contributed by atoms with E-state index in [1.807, 2.05) is 13.0 Å². The van der Waals surface area contributed by atoms with Crippen molar-refractivity contribution in [3.63, 3.8) is 0 Å². The molecule has 2 aromatic rings. The number of rotatable bonds is 5. The van der Waals surface area contributed by atoms with E-state index < -0.39 is 30.5 Å². The number of hydrogen-bond donors (Lipinski definition) is 2. The normalized spacial score (nSPS) is 18.9. The third-order valence-electron chi connectivity index (χ3n) is 5.13. The molecule has 1 saturated heterocycles. The average molecular weight is 421 g/mol. The highest BCUT2D eigenvalue weighted by molar-refractivity contribution is 5.90. The summed E-state index contributed by atoms with van der Waals surface area (Å²) in [5.74, 6) is 0.640. The number of nitrogens with zero attached hydrogens (tertiary/aromatic N) is 3. The minimum Gasteiger partial charge on any atom is -0.491 e. The fraction of sp³-hybridized carbons (Fsp3) is 0.421. The topological polar surface area (TPSA) is 112 Å². The molecule has 160 valence electrons. The summed E-state index contributed by atoms with van der Waals surface area (Å²) in [4.78, 5) is 28.8. The van der Waals surface area contributed by atoms with Gasteiger partial charge in [0.05, 0.1) is 12.1 Å². The number of benzene rings is 1. The molecular formula is C19H21F2N5O4. The van der Waals surface area contributed by atoms with Crippen LogP contribution in [0.1, 0.15) is 12.5 Å². The number of cyclic esters (lactones) is 1. The number of aryl methyl sites for hydroxylation is 1. The van der Waals surface area contributed by atoms with Crippen molar-refractivity contribution in [3.8, 4) is 17.1 Å². The van der Waals surface area contributed by atoms with Crippen LogP contribution in [0.2, 0.25) is 0 Å². The maximum absolute atomic E-state index is 13.3. The summed E-state index contributed by atoms with van der Waals surface area (Å²) in [7, 11) is 0. The second kappa shape index (κ2) is 7.47. The molecule has 4 rings (SSSR count). The summed E-state index contributed by atoms with van der Waals surface area (Å²) in [6, 6.07) is 1.60. The summed E-state index contributed by atoms with van der Waals surface area (Å²) in [6.07, 6.45) is -2.05. The molecule has 1 aromatic heterocycles. The van der Waals surface area contributed by atoms with Gasteiger partial charge in [-0.1, -0.05) is 0 Å². The molecular weight excluding hydrogens is 400 g/mol. The highest BCUT2D eigenvalue weighted by atomic mass is 19.3. The van der Waals surface area contributed by atoms with Crippen LogP contribution in [0.3, 0.4) is 0 Å². The Kier molecular flexibility index (Phi) is 4.96. The summed E-state index contributed by atoms with van der Waals surface area (Å²) < 4.78 is 39.1. The van der Waals surface area contributed by atoms with Gasteiger partial charge in [-0.25, -0.2) is 23.5 Å². The molecule has 0 aliphatic carbocycles. The first kappa shape index (κ1) is 19.9. The number of nitrogens with two attached hydrogens (primary N) is 1. The zero-order chi connectivity index (χ0) is 21.6. The number of primary amides is 1. The smallest absolute Gasteiger partial charge is 0.416 e. The Morgan fingerprint density at radius 2 is 2.13 bits per heavy atom. The zero-order valence-electron chi connectivity index (χ0n) is 16.4. The Labute approximate surface area is 170 Å². The summed E-state index contributed by atoms with van der Waals surface area (Å²) >= 11 is 0. The maximum Gasteiger partial charge on any atom is 0.416 e. The van der Waals surface area contributed by atoms with Gasteiger partial charge in [-0.15, -0.1) is 0 Å². The van der Waals surface area contributed by atoms with Gasteiger partial charge in [-0.2, -0.15) is 0 Å². The Hall–Kier alpha value is -3.37. The average Bonchev–Trinajstić information content (AvgIpc) is 3.20. The van der Waals surface area contributed by atoms with Crippen LogP contribution in [-0.4, -0.2) is 53.3 Å². The fourth-order valence-corrected chi connectivity index (χ4v) is 3.59. The number of anilines is 2. The van der Waals surface area contributed by atoms with Crippen LogP contribution >= 0.6 is 0 Å². The van der Waals surface area contributed by atoms with Gasteiger partial charge in [0.1, 0.15) is 36.9 Å². The number of halogens is 2. The summed E-state index contributed by atoms with van der Waals surface area (Å²) in [6.45, 7) is 3.84. The lowest BCUT2D eigenvalue weighted by molar-refractivity contribution is -0.118. The fourth-order valence-electron chi connectivity index (χ4n) is 3.59. The Bertz CT molecular complexity index is 1010. The van der Waals surface area contributed by atoms with Crippen molar-refractivity contribution in [1.29, 1.82) is 0 Å². The van der Waals surface area contributed by atoms with Gasteiger partial charge >= 0.3 is 6.09 Å². The molecule has 1 fully saturated rings. The number of hydrogen-bond acceptors (Lipinski definition) is 6. The highest BCUT2D eigenvalue weighted by Gasteiger charge is 2.42. The molecule has 0 radical (unpaired) electrons. The predicted molar refractivity (Wildman–Crippen MR) is 104 cm³/mol. The number of amides is 2. The SMILES string of the molecule is Cc1cc(NC(C)C(N)=O)cc2c1-c1nc(N3C(=O)OC[C@H]3C(F)F)cn1CCO2. The molecule has 0 spiro atoms. The molecule has 2 aliphatic heterocycles.